The highest BCUT2D eigenvalue weighted by molar-refractivity contribution is 5.94. The summed E-state index contributed by atoms with van der Waals surface area (Å²) in [6.07, 6.45) is 0.406. The van der Waals surface area contributed by atoms with E-state index in [4.69, 9.17) is 4.74 Å². The van der Waals surface area contributed by atoms with E-state index in [1.54, 1.807) is 66.9 Å². The van der Waals surface area contributed by atoms with E-state index >= 15 is 0 Å². The van der Waals surface area contributed by atoms with Crippen LogP contribution in [0.25, 0.3) is 0 Å². The minimum absolute atomic E-state index is 0.463. The summed E-state index contributed by atoms with van der Waals surface area (Å²) in [6.45, 7) is 0. The SMILES string of the molecule is O=C(Nc1cccc(Oc2ccccn2)c1)C(O)c1ccccc1. The fourth-order valence-corrected chi connectivity index (χ4v) is 2.16. The first-order valence-corrected chi connectivity index (χ1v) is 7.45. The predicted octanol–water partition coefficient (Wildman–Crippen LogP) is 3.55. The number of hydrogen-bond donors (Lipinski definition) is 2. The summed E-state index contributed by atoms with van der Waals surface area (Å²) in [5.74, 6) is 0.502. The number of hydrogen-bond acceptors (Lipinski definition) is 4. The summed E-state index contributed by atoms with van der Waals surface area (Å²) in [5.41, 5.74) is 1.07. The van der Waals surface area contributed by atoms with Crippen LogP contribution in [0.2, 0.25) is 0 Å². The van der Waals surface area contributed by atoms with Crippen LogP contribution in [0.3, 0.4) is 0 Å². The number of aliphatic hydroxyl groups excluding tert-OH is 1. The molecule has 5 nitrogen and oxygen atoms in total. The number of nitrogens with one attached hydrogen (secondary N) is 1. The Morgan fingerprint density at radius 1 is 1.00 bits per heavy atom. The van der Waals surface area contributed by atoms with Gasteiger partial charge in [0, 0.05) is 24.0 Å². The van der Waals surface area contributed by atoms with Crippen molar-refractivity contribution in [1.29, 1.82) is 0 Å². The lowest BCUT2D eigenvalue weighted by Gasteiger charge is -2.12. The molecule has 0 aliphatic rings. The molecule has 1 heterocycles. The standard InChI is InChI=1S/C19H16N2O3/c22-18(14-7-2-1-3-8-14)19(23)21-15-9-6-10-16(13-15)24-17-11-4-5-12-20-17/h1-13,18,22H,(H,21,23). The second kappa shape index (κ2) is 7.39. The van der Waals surface area contributed by atoms with Gasteiger partial charge in [0.15, 0.2) is 6.10 Å². The second-order valence-corrected chi connectivity index (χ2v) is 5.10. The predicted molar refractivity (Wildman–Crippen MR) is 90.8 cm³/mol. The molecule has 0 aliphatic heterocycles. The molecule has 0 aliphatic carbocycles. The summed E-state index contributed by atoms with van der Waals surface area (Å²) >= 11 is 0. The second-order valence-electron chi connectivity index (χ2n) is 5.10. The Bertz CT molecular complexity index is 807. The zero-order valence-corrected chi connectivity index (χ0v) is 12.8. The van der Waals surface area contributed by atoms with E-state index in [9.17, 15) is 9.90 Å². The first-order chi connectivity index (χ1) is 11.7. The Morgan fingerprint density at radius 3 is 2.54 bits per heavy atom. The van der Waals surface area contributed by atoms with Crippen molar-refractivity contribution in [2.24, 2.45) is 0 Å². The fourth-order valence-electron chi connectivity index (χ4n) is 2.16. The Hall–Kier alpha value is -3.18. The van der Waals surface area contributed by atoms with Gasteiger partial charge in [-0.3, -0.25) is 4.79 Å². The molecule has 0 bridgehead atoms. The lowest BCUT2D eigenvalue weighted by atomic mass is 10.1. The maximum Gasteiger partial charge on any atom is 0.257 e. The van der Waals surface area contributed by atoms with Gasteiger partial charge in [0.25, 0.3) is 5.91 Å². The van der Waals surface area contributed by atoms with Gasteiger partial charge in [0.1, 0.15) is 5.75 Å². The van der Waals surface area contributed by atoms with Crippen LogP contribution in [-0.4, -0.2) is 16.0 Å². The molecule has 3 aromatic rings. The number of rotatable bonds is 5. The number of aliphatic hydroxyl groups is 1. The Kier molecular flexibility index (Phi) is 4.84. The zero-order chi connectivity index (χ0) is 16.8. The van der Waals surface area contributed by atoms with Crippen LogP contribution < -0.4 is 10.1 Å². The van der Waals surface area contributed by atoms with E-state index in [1.165, 1.54) is 0 Å². The Balaban J connectivity index is 1.69. The lowest BCUT2D eigenvalue weighted by Crippen LogP contribution is -2.20. The molecule has 0 radical (unpaired) electrons. The topological polar surface area (TPSA) is 71.5 Å². The van der Waals surface area contributed by atoms with Crippen molar-refractivity contribution < 1.29 is 14.6 Å². The number of aromatic nitrogens is 1. The molecular formula is C19H16N2O3. The van der Waals surface area contributed by atoms with Gasteiger partial charge in [0.2, 0.25) is 5.88 Å². The molecule has 120 valence electrons. The molecule has 1 amide bonds. The summed E-state index contributed by atoms with van der Waals surface area (Å²) in [7, 11) is 0. The molecule has 0 spiro atoms. The average molecular weight is 320 g/mol. The molecule has 3 rings (SSSR count). The summed E-state index contributed by atoms with van der Waals surface area (Å²) in [4.78, 5) is 16.3. The third-order valence-corrected chi connectivity index (χ3v) is 3.33. The molecule has 0 saturated heterocycles. The number of ether oxygens (including phenoxy) is 1. The molecule has 2 aromatic carbocycles. The van der Waals surface area contributed by atoms with Crippen LogP contribution in [0.15, 0.2) is 79.0 Å². The van der Waals surface area contributed by atoms with Gasteiger partial charge in [-0.1, -0.05) is 42.5 Å². The highest BCUT2D eigenvalue weighted by atomic mass is 16.5. The van der Waals surface area contributed by atoms with Crippen LogP contribution >= 0.6 is 0 Å². The van der Waals surface area contributed by atoms with Crippen LogP contribution in [0.4, 0.5) is 5.69 Å². The lowest BCUT2D eigenvalue weighted by molar-refractivity contribution is -0.124. The third-order valence-electron chi connectivity index (χ3n) is 3.33. The van der Waals surface area contributed by atoms with Crippen molar-refractivity contribution in [2.75, 3.05) is 5.32 Å². The number of pyridine rings is 1. The molecule has 0 saturated carbocycles. The maximum absolute atomic E-state index is 12.2. The summed E-state index contributed by atoms with van der Waals surface area (Å²) in [6, 6.07) is 21.0. The quantitative estimate of drug-likeness (QED) is 0.754. The number of benzene rings is 2. The van der Waals surface area contributed by atoms with E-state index in [1.807, 2.05) is 12.1 Å². The van der Waals surface area contributed by atoms with Gasteiger partial charge in [0.05, 0.1) is 0 Å². The van der Waals surface area contributed by atoms with Crippen molar-refractivity contribution >= 4 is 11.6 Å². The van der Waals surface area contributed by atoms with Crippen LogP contribution in [0.5, 0.6) is 11.6 Å². The normalized spacial score (nSPS) is 11.5. The average Bonchev–Trinajstić information content (AvgIpc) is 2.63. The van der Waals surface area contributed by atoms with Gasteiger partial charge in [-0.05, 0) is 23.8 Å². The van der Waals surface area contributed by atoms with E-state index < -0.39 is 12.0 Å². The Morgan fingerprint density at radius 2 is 1.79 bits per heavy atom. The molecule has 1 atom stereocenters. The third kappa shape index (κ3) is 3.97. The van der Waals surface area contributed by atoms with Crippen molar-refractivity contribution in [3.8, 4) is 11.6 Å². The molecule has 0 fully saturated rings. The minimum atomic E-state index is -1.23. The van der Waals surface area contributed by atoms with Gasteiger partial charge < -0.3 is 15.2 Å². The molecule has 1 unspecified atom stereocenters. The molecule has 2 N–H and O–H groups in total. The monoisotopic (exact) mass is 320 g/mol. The smallest absolute Gasteiger partial charge is 0.257 e. The van der Waals surface area contributed by atoms with E-state index in [0.29, 0.717) is 22.9 Å². The Labute approximate surface area is 139 Å². The largest absolute Gasteiger partial charge is 0.439 e. The number of nitrogens with zero attached hydrogens (tertiary/aromatic N) is 1. The molecule has 24 heavy (non-hydrogen) atoms. The van der Waals surface area contributed by atoms with E-state index in [2.05, 4.69) is 10.3 Å². The van der Waals surface area contributed by atoms with Crippen molar-refractivity contribution in [3.05, 3.63) is 84.6 Å². The molecular weight excluding hydrogens is 304 g/mol. The number of carbonyl (C=O) groups is 1. The summed E-state index contributed by atoms with van der Waals surface area (Å²) in [5, 5.41) is 12.8. The number of carbonyl (C=O) groups excluding carboxylic acids is 1. The highest BCUT2D eigenvalue weighted by Crippen LogP contribution is 2.23. The molecule has 1 aromatic heterocycles. The first-order valence-electron chi connectivity index (χ1n) is 7.45. The zero-order valence-electron chi connectivity index (χ0n) is 12.8. The van der Waals surface area contributed by atoms with Crippen LogP contribution in [-0.2, 0) is 4.79 Å². The van der Waals surface area contributed by atoms with Crippen molar-refractivity contribution in [1.82, 2.24) is 4.98 Å². The van der Waals surface area contributed by atoms with Crippen molar-refractivity contribution in [3.63, 3.8) is 0 Å². The summed E-state index contributed by atoms with van der Waals surface area (Å²) < 4.78 is 5.62. The highest BCUT2D eigenvalue weighted by Gasteiger charge is 2.17. The van der Waals surface area contributed by atoms with Gasteiger partial charge in [-0.15, -0.1) is 0 Å². The van der Waals surface area contributed by atoms with Crippen LogP contribution in [0.1, 0.15) is 11.7 Å². The van der Waals surface area contributed by atoms with Gasteiger partial charge in [-0.25, -0.2) is 4.98 Å². The number of amides is 1. The fraction of sp³-hybridized carbons (Fsp3) is 0.0526. The number of anilines is 1. The molecule has 5 heteroatoms. The van der Waals surface area contributed by atoms with Gasteiger partial charge >= 0.3 is 0 Å². The van der Waals surface area contributed by atoms with E-state index in [-0.39, 0.29) is 0 Å². The first kappa shape index (κ1) is 15.7. The minimum Gasteiger partial charge on any atom is -0.439 e. The van der Waals surface area contributed by atoms with Gasteiger partial charge in [-0.2, -0.15) is 0 Å². The maximum atomic E-state index is 12.2. The van der Waals surface area contributed by atoms with Crippen molar-refractivity contribution in [2.45, 2.75) is 6.10 Å². The van der Waals surface area contributed by atoms with Crippen LogP contribution in [0, 0.1) is 0 Å². The van der Waals surface area contributed by atoms with E-state index in [0.717, 1.165) is 0 Å².